The SMILES string of the molecule is CC(C)(C)c1cc(C(C)(C)C)c2c3c4c(ccc3n3c5cc6c(cc5c1c23)C1(C)CCCC1(C)C6=O)C(C)(C)c1cc2c(cc1-4)C1CC3CC4CC2C341. The van der Waals surface area contributed by atoms with Gasteiger partial charge in [0.25, 0.3) is 0 Å². The monoisotopic (exact) mass is 695 g/mol. The van der Waals surface area contributed by atoms with Crippen molar-refractivity contribution in [3.8, 4) is 11.1 Å². The first kappa shape index (κ1) is 30.7. The van der Waals surface area contributed by atoms with E-state index in [4.69, 9.17) is 0 Å². The molecule has 0 aliphatic heterocycles. The Hall–Kier alpha value is -3.65. The fourth-order valence-electron chi connectivity index (χ4n) is 15.3. The summed E-state index contributed by atoms with van der Waals surface area (Å²) >= 11 is 0. The van der Waals surface area contributed by atoms with E-state index in [1.807, 2.05) is 0 Å². The van der Waals surface area contributed by atoms with Crippen LogP contribution in [0.15, 0.2) is 42.5 Å². The van der Waals surface area contributed by atoms with Crippen LogP contribution in [0.25, 0.3) is 49.2 Å². The van der Waals surface area contributed by atoms with Gasteiger partial charge in [0.05, 0.1) is 16.6 Å². The Kier molecular flexibility index (Phi) is 4.79. The molecule has 53 heavy (non-hydrogen) atoms. The van der Waals surface area contributed by atoms with Crippen molar-refractivity contribution >= 4 is 43.9 Å². The van der Waals surface area contributed by atoms with Gasteiger partial charge in [-0.15, -0.1) is 0 Å². The highest BCUT2D eigenvalue weighted by Crippen LogP contribution is 2.88. The third kappa shape index (κ3) is 2.87. The van der Waals surface area contributed by atoms with Crippen LogP contribution in [0.4, 0.5) is 0 Å². The molecule has 0 radical (unpaired) electrons. The van der Waals surface area contributed by atoms with Crippen LogP contribution in [0.5, 0.6) is 0 Å². The van der Waals surface area contributed by atoms with Crippen molar-refractivity contribution in [1.82, 2.24) is 4.40 Å². The highest BCUT2D eigenvalue weighted by Gasteiger charge is 2.78. The topological polar surface area (TPSA) is 21.5 Å². The van der Waals surface area contributed by atoms with E-state index in [9.17, 15) is 4.79 Å². The fraction of sp³-hybridized carbons (Fsp3) is 0.510. The van der Waals surface area contributed by atoms with E-state index < -0.39 is 0 Å². The Balaban J connectivity index is 1.20. The first-order valence-electron chi connectivity index (χ1n) is 21.1. The lowest BCUT2D eigenvalue weighted by molar-refractivity contribution is -0.240. The maximum absolute atomic E-state index is 14.5. The number of carbonyl (C=O) groups excluding carboxylic acids is 1. The molecule has 0 bridgehead atoms. The summed E-state index contributed by atoms with van der Waals surface area (Å²) in [7, 11) is 0. The van der Waals surface area contributed by atoms with Crippen LogP contribution < -0.4 is 0 Å². The zero-order chi connectivity index (χ0) is 36.5. The van der Waals surface area contributed by atoms with Gasteiger partial charge in [0.2, 0.25) is 0 Å². The Labute approximate surface area is 314 Å². The minimum absolute atomic E-state index is 0.0527. The van der Waals surface area contributed by atoms with Gasteiger partial charge in [0.15, 0.2) is 5.78 Å². The molecule has 6 aromatic rings. The van der Waals surface area contributed by atoms with Crippen molar-refractivity contribution in [3.63, 3.8) is 0 Å². The molecular weight excluding hydrogens is 643 g/mol. The van der Waals surface area contributed by atoms with Crippen LogP contribution >= 0.6 is 0 Å². The van der Waals surface area contributed by atoms with Crippen molar-refractivity contribution in [1.29, 1.82) is 0 Å². The molecule has 13 rings (SSSR count). The van der Waals surface area contributed by atoms with E-state index >= 15 is 0 Å². The molecule has 7 aliphatic carbocycles. The zero-order valence-electron chi connectivity index (χ0n) is 33.4. The number of fused-ring (bicyclic) bond motifs is 16. The molecule has 1 spiro atoms. The predicted molar refractivity (Wildman–Crippen MR) is 218 cm³/mol. The van der Waals surface area contributed by atoms with Crippen molar-refractivity contribution in [2.75, 3.05) is 0 Å². The maximum Gasteiger partial charge on any atom is 0.169 e. The van der Waals surface area contributed by atoms with Crippen molar-refractivity contribution in [2.24, 2.45) is 22.7 Å². The number of benzene rings is 4. The van der Waals surface area contributed by atoms with Crippen LogP contribution in [0.3, 0.4) is 0 Å². The fourth-order valence-corrected chi connectivity index (χ4v) is 15.3. The molecule has 2 nitrogen and oxygen atoms in total. The van der Waals surface area contributed by atoms with Gasteiger partial charge in [-0.3, -0.25) is 4.79 Å². The third-order valence-corrected chi connectivity index (χ3v) is 18.2. The molecule has 0 amide bonds. The number of rotatable bonds is 0. The lowest BCUT2D eigenvalue weighted by atomic mass is 9.28. The summed E-state index contributed by atoms with van der Waals surface area (Å²) in [6, 6.07) is 17.9. The first-order valence-corrected chi connectivity index (χ1v) is 21.1. The molecule has 2 heterocycles. The van der Waals surface area contributed by atoms with Crippen molar-refractivity contribution < 1.29 is 4.79 Å². The van der Waals surface area contributed by atoms with Crippen LogP contribution in [0, 0.1) is 22.7 Å². The van der Waals surface area contributed by atoms with Crippen molar-refractivity contribution in [3.05, 3.63) is 87.0 Å². The summed E-state index contributed by atoms with van der Waals surface area (Å²) in [6.07, 6.45) is 7.57. The second kappa shape index (κ2) is 8.29. The van der Waals surface area contributed by atoms with E-state index in [0.29, 0.717) is 11.2 Å². The van der Waals surface area contributed by atoms with Crippen LogP contribution in [0.2, 0.25) is 0 Å². The Morgan fingerprint density at radius 3 is 1.98 bits per heavy atom. The standard InChI is InChI=1S/C51H53NO/c1-46(2,3)36-23-37(47(4,5)6)42-43-38(52-39-22-29-33(21-30(39)41(36)44(42)52)49(9)14-11-15-50(49,10)45(29)53)13-12-31-40(43)28-19-26-27(20-32(28)48(31,7)8)35-18-25-16-24-17-34(26)51(24,25)35/h12-13,19-25,34-35H,11,14-18H2,1-10H3. The summed E-state index contributed by atoms with van der Waals surface area (Å²) in [6.45, 7) is 24.1. The number of carbonyl (C=O) groups is 1. The van der Waals surface area contributed by atoms with Gasteiger partial charge in [0.1, 0.15) is 0 Å². The van der Waals surface area contributed by atoms with Gasteiger partial charge in [-0.05, 0) is 140 Å². The van der Waals surface area contributed by atoms with Gasteiger partial charge in [0, 0.05) is 43.4 Å². The molecule has 0 saturated heterocycles. The minimum Gasteiger partial charge on any atom is -0.308 e. The van der Waals surface area contributed by atoms with Crippen molar-refractivity contribution in [2.45, 2.75) is 141 Å². The molecule has 7 unspecified atom stereocenters. The largest absolute Gasteiger partial charge is 0.308 e. The minimum atomic E-state index is -0.306. The molecule has 4 aromatic carbocycles. The molecule has 7 aliphatic rings. The van der Waals surface area contributed by atoms with E-state index in [0.717, 1.165) is 48.5 Å². The summed E-state index contributed by atoms with van der Waals surface area (Å²) in [5, 5.41) is 5.63. The van der Waals surface area contributed by atoms with Gasteiger partial charge in [-0.1, -0.05) is 99.9 Å². The van der Waals surface area contributed by atoms with E-state index in [-0.39, 0.29) is 27.1 Å². The quantitative estimate of drug-likeness (QED) is 0.155. The second-order valence-electron chi connectivity index (χ2n) is 22.4. The summed E-state index contributed by atoms with van der Waals surface area (Å²) in [5.74, 6) is 3.95. The van der Waals surface area contributed by atoms with Crippen LogP contribution in [-0.4, -0.2) is 10.2 Å². The molecule has 4 saturated carbocycles. The average Bonchev–Trinajstić information content (AvgIpc) is 3.83. The Morgan fingerprint density at radius 2 is 1.30 bits per heavy atom. The van der Waals surface area contributed by atoms with Crippen LogP contribution in [0.1, 0.15) is 169 Å². The molecule has 4 fully saturated rings. The smallest absolute Gasteiger partial charge is 0.169 e. The second-order valence-corrected chi connectivity index (χ2v) is 22.4. The maximum atomic E-state index is 14.5. The van der Waals surface area contributed by atoms with Gasteiger partial charge >= 0.3 is 0 Å². The highest BCUT2D eigenvalue weighted by molar-refractivity contribution is 6.29. The van der Waals surface area contributed by atoms with Gasteiger partial charge in [-0.2, -0.15) is 0 Å². The molecule has 2 heteroatoms. The lowest BCUT2D eigenvalue weighted by Crippen LogP contribution is -2.68. The number of hydrogen-bond acceptors (Lipinski definition) is 1. The van der Waals surface area contributed by atoms with E-state index in [1.54, 1.807) is 16.7 Å². The first-order chi connectivity index (χ1) is 24.9. The van der Waals surface area contributed by atoms with Crippen LogP contribution in [-0.2, 0) is 21.7 Å². The van der Waals surface area contributed by atoms with E-state index in [2.05, 4.69) is 116 Å². The molecular formula is C51H53NO. The summed E-state index contributed by atoms with van der Waals surface area (Å²) < 4.78 is 2.62. The number of Topliss-reactive ketones (excluding diaryl/α,β-unsaturated/α-hetero) is 1. The molecule has 0 N–H and O–H groups in total. The number of aromatic nitrogens is 1. The molecule has 7 atom stereocenters. The Bertz CT molecular complexity index is 2800. The van der Waals surface area contributed by atoms with Gasteiger partial charge in [-0.25, -0.2) is 0 Å². The summed E-state index contributed by atoms with van der Waals surface area (Å²) in [4.78, 5) is 14.5. The number of nitrogens with zero attached hydrogens (tertiary/aromatic N) is 1. The zero-order valence-corrected chi connectivity index (χ0v) is 33.4. The average molecular weight is 696 g/mol. The molecule has 268 valence electrons. The molecule has 2 aromatic heterocycles. The normalized spacial score (nSPS) is 33.8. The van der Waals surface area contributed by atoms with E-state index in [1.165, 1.54) is 90.7 Å². The number of ketones is 1. The third-order valence-electron chi connectivity index (χ3n) is 18.2. The predicted octanol–water partition coefficient (Wildman–Crippen LogP) is 13.0. The lowest BCUT2D eigenvalue weighted by Gasteiger charge is -2.76. The highest BCUT2D eigenvalue weighted by atomic mass is 16.1. The Morgan fingerprint density at radius 1 is 0.642 bits per heavy atom. The summed E-state index contributed by atoms with van der Waals surface area (Å²) in [5.41, 5.74) is 18.6. The van der Waals surface area contributed by atoms with Gasteiger partial charge < -0.3 is 4.40 Å². The number of hydrogen-bond donors (Lipinski definition) is 0.